The molecule has 2 aliphatic rings. The maximum absolute atomic E-state index is 4.89. The van der Waals surface area contributed by atoms with E-state index in [1.807, 2.05) is 23.1 Å². The number of rotatable bonds is 2. The summed E-state index contributed by atoms with van der Waals surface area (Å²) in [6.45, 7) is 4.36. The third kappa shape index (κ3) is 3.00. The summed E-state index contributed by atoms with van der Waals surface area (Å²) < 4.78 is 0. The van der Waals surface area contributed by atoms with Gasteiger partial charge in [0.1, 0.15) is 0 Å². The molecule has 1 aliphatic heterocycles. The van der Waals surface area contributed by atoms with E-state index in [0.717, 1.165) is 0 Å². The standard InChI is InChI=1S/C15H22N2S2/c1-11-6-7-13(19-11)12(2)16-14-17-15(10-18-14)8-4-3-5-9-15/h6-7,12H,3-5,8-10H2,1-2H3,(H,16,17). The molecular weight excluding hydrogens is 272 g/mol. The largest absolute Gasteiger partial charge is 0.359 e. The summed E-state index contributed by atoms with van der Waals surface area (Å²) in [7, 11) is 0. The molecule has 1 spiro atoms. The average molecular weight is 294 g/mol. The Morgan fingerprint density at radius 3 is 2.74 bits per heavy atom. The van der Waals surface area contributed by atoms with Crippen LogP contribution in [0.15, 0.2) is 17.1 Å². The van der Waals surface area contributed by atoms with Gasteiger partial charge in [0.2, 0.25) is 0 Å². The zero-order valence-electron chi connectivity index (χ0n) is 11.7. The van der Waals surface area contributed by atoms with Crippen molar-refractivity contribution in [3.05, 3.63) is 21.9 Å². The van der Waals surface area contributed by atoms with E-state index in [1.165, 1.54) is 52.8 Å². The van der Waals surface area contributed by atoms with Crippen molar-refractivity contribution in [2.45, 2.75) is 57.5 Å². The SMILES string of the molecule is Cc1ccc(C(C)N=C2NC3(CCCCC3)CS2)s1. The number of nitrogens with one attached hydrogen (secondary N) is 1. The fraction of sp³-hybridized carbons (Fsp3) is 0.667. The number of aliphatic imine (C=N–C) groups is 1. The van der Waals surface area contributed by atoms with Gasteiger partial charge >= 0.3 is 0 Å². The topological polar surface area (TPSA) is 24.4 Å². The summed E-state index contributed by atoms with van der Waals surface area (Å²) in [5.74, 6) is 1.21. The first-order valence-electron chi connectivity index (χ1n) is 7.22. The van der Waals surface area contributed by atoms with Crippen LogP contribution in [-0.2, 0) is 0 Å². The molecule has 0 radical (unpaired) electrons. The Morgan fingerprint density at radius 1 is 1.26 bits per heavy atom. The van der Waals surface area contributed by atoms with Gasteiger partial charge in [0.25, 0.3) is 0 Å². The summed E-state index contributed by atoms with van der Waals surface area (Å²) in [4.78, 5) is 7.63. The minimum atomic E-state index is 0.285. The van der Waals surface area contributed by atoms with E-state index in [1.54, 1.807) is 0 Å². The molecule has 1 aromatic rings. The Morgan fingerprint density at radius 2 is 2.05 bits per heavy atom. The molecule has 1 saturated heterocycles. The van der Waals surface area contributed by atoms with Crippen molar-refractivity contribution in [1.29, 1.82) is 0 Å². The fourth-order valence-electron chi connectivity index (χ4n) is 2.99. The summed E-state index contributed by atoms with van der Waals surface area (Å²) >= 11 is 3.78. The van der Waals surface area contributed by atoms with Crippen molar-refractivity contribution in [1.82, 2.24) is 5.32 Å². The summed E-state index contributed by atoms with van der Waals surface area (Å²) in [6, 6.07) is 4.69. The van der Waals surface area contributed by atoms with Crippen LogP contribution in [0.1, 0.15) is 54.8 Å². The molecule has 1 aliphatic carbocycles. The molecule has 104 valence electrons. The van der Waals surface area contributed by atoms with E-state index in [4.69, 9.17) is 4.99 Å². The zero-order valence-corrected chi connectivity index (χ0v) is 13.4. The van der Waals surface area contributed by atoms with Crippen molar-refractivity contribution < 1.29 is 0 Å². The molecule has 19 heavy (non-hydrogen) atoms. The van der Waals surface area contributed by atoms with Crippen LogP contribution in [0.25, 0.3) is 0 Å². The lowest BCUT2D eigenvalue weighted by molar-refractivity contribution is 0.303. The third-order valence-corrected chi connectivity index (χ3v) is 6.50. The predicted octanol–water partition coefficient (Wildman–Crippen LogP) is 4.51. The maximum atomic E-state index is 4.89. The normalized spacial score (nSPS) is 25.7. The van der Waals surface area contributed by atoms with Gasteiger partial charge in [0, 0.05) is 21.0 Å². The monoisotopic (exact) mass is 294 g/mol. The van der Waals surface area contributed by atoms with Gasteiger partial charge in [-0.05, 0) is 38.8 Å². The first kappa shape index (κ1) is 13.5. The molecule has 2 nitrogen and oxygen atoms in total. The van der Waals surface area contributed by atoms with Crippen molar-refractivity contribution >= 4 is 28.3 Å². The number of aryl methyl sites for hydroxylation is 1. The van der Waals surface area contributed by atoms with E-state index in [9.17, 15) is 0 Å². The number of hydrogen-bond acceptors (Lipinski definition) is 3. The average Bonchev–Trinajstić information content (AvgIpc) is 2.98. The second kappa shape index (κ2) is 5.49. The predicted molar refractivity (Wildman–Crippen MR) is 86.3 cm³/mol. The van der Waals surface area contributed by atoms with Crippen LogP contribution in [0, 0.1) is 6.92 Å². The maximum Gasteiger partial charge on any atom is 0.157 e. The lowest BCUT2D eigenvalue weighted by atomic mass is 9.83. The number of hydrogen-bond donors (Lipinski definition) is 1. The molecule has 4 heteroatoms. The number of amidine groups is 1. The van der Waals surface area contributed by atoms with E-state index in [2.05, 4.69) is 31.3 Å². The molecule has 0 aromatic carbocycles. The Balaban J connectivity index is 1.68. The molecule has 1 N–H and O–H groups in total. The van der Waals surface area contributed by atoms with Crippen LogP contribution < -0.4 is 5.32 Å². The van der Waals surface area contributed by atoms with Gasteiger partial charge < -0.3 is 5.32 Å². The first-order valence-corrected chi connectivity index (χ1v) is 9.02. The van der Waals surface area contributed by atoms with Crippen LogP contribution in [0.5, 0.6) is 0 Å². The van der Waals surface area contributed by atoms with Crippen LogP contribution in [0.4, 0.5) is 0 Å². The molecule has 2 fully saturated rings. The molecule has 1 unspecified atom stereocenters. The molecule has 1 saturated carbocycles. The van der Waals surface area contributed by atoms with Crippen LogP contribution in [-0.4, -0.2) is 16.5 Å². The Kier molecular flexibility index (Phi) is 3.90. The van der Waals surface area contributed by atoms with E-state index in [-0.39, 0.29) is 6.04 Å². The number of thioether (sulfide) groups is 1. The highest BCUT2D eigenvalue weighted by Crippen LogP contribution is 2.37. The Hall–Kier alpha value is -0.480. The molecule has 1 aromatic heterocycles. The molecule has 0 bridgehead atoms. The van der Waals surface area contributed by atoms with Crippen LogP contribution >= 0.6 is 23.1 Å². The van der Waals surface area contributed by atoms with Gasteiger partial charge in [-0.1, -0.05) is 31.0 Å². The summed E-state index contributed by atoms with van der Waals surface area (Å²) in [5, 5.41) is 4.90. The second-order valence-corrected chi connectivity index (χ2v) is 8.10. The van der Waals surface area contributed by atoms with E-state index < -0.39 is 0 Å². The van der Waals surface area contributed by atoms with Crippen LogP contribution in [0.2, 0.25) is 0 Å². The van der Waals surface area contributed by atoms with Gasteiger partial charge in [-0.2, -0.15) is 0 Å². The smallest absolute Gasteiger partial charge is 0.157 e. The van der Waals surface area contributed by atoms with Gasteiger partial charge in [-0.25, -0.2) is 0 Å². The lowest BCUT2D eigenvalue weighted by Gasteiger charge is -2.32. The van der Waals surface area contributed by atoms with E-state index >= 15 is 0 Å². The third-order valence-electron chi connectivity index (χ3n) is 4.15. The molecule has 2 heterocycles. The lowest BCUT2D eigenvalue weighted by Crippen LogP contribution is -2.45. The van der Waals surface area contributed by atoms with Gasteiger partial charge in [0.05, 0.1) is 6.04 Å². The van der Waals surface area contributed by atoms with Crippen molar-refractivity contribution in [3.63, 3.8) is 0 Å². The second-order valence-electron chi connectivity index (χ2n) is 5.81. The minimum absolute atomic E-state index is 0.285. The quantitative estimate of drug-likeness (QED) is 0.867. The first-order chi connectivity index (χ1) is 9.17. The van der Waals surface area contributed by atoms with Gasteiger partial charge in [-0.3, -0.25) is 4.99 Å². The highest BCUT2D eigenvalue weighted by molar-refractivity contribution is 8.14. The number of nitrogens with zero attached hydrogens (tertiary/aromatic N) is 1. The van der Waals surface area contributed by atoms with Gasteiger partial charge in [-0.15, -0.1) is 11.3 Å². The highest BCUT2D eigenvalue weighted by Gasteiger charge is 2.38. The minimum Gasteiger partial charge on any atom is -0.359 e. The van der Waals surface area contributed by atoms with Crippen molar-refractivity contribution in [2.24, 2.45) is 4.99 Å². The van der Waals surface area contributed by atoms with Crippen LogP contribution in [0.3, 0.4) is 0 Å². The summed E-state index contributed by atoms with van der Waals surface area (Å²) in [6.07, 6.45) is 6.81. The summed E-state index contributed by atoms with van der Waals surface area (Å²) in [5.41, 5.74) is 0.368. The number of thiophene rings is 1. The molecular formula is C15H22N2S2. The Labute approximate surface area is 124 Å². The highest BCUT2D eigenvalue weighted by atomic mass is 32.2. The fourth-order valence-corrected chi connectivity index (χ4v) is 5.15. The van der Waals surface area contributed by atoms with Gasteiger partial charge in [0.15, 0.2) is 5.17 Å². The molecule has 1 atom stereocenters. The zero-order chi connectivity index (χ0) is 13.3. The van der Waals surface area contributed by atoms with Crippen molar-refractivity contribution in [3.8, 4) is 0 Å². The molecule has 3 rings (SSSR count). The Bertz CT molecular complexity index is 472. The van der Waals surface area contributed by atoms with Crippen molar-refractivity contribution in [2.75, 3.05) is 5.75 Å². The molecule has 0 amide bonds. The van der Waals surface area contributed by atoms with E-state index in [0.29, 0.717) is 5.54 Å².